The van der Waals surface area contributed by atoms with Gasteiger partial charge in [0.05, 0.1) is 0 Å². The van der Waals surface area contributed by atoms with E-state index in [1.54, 1.807) is 0 Å². The van der Waals surface area contributed by atoms with E-state index in [2.05, 4.69) is 25.1 Å². The van der Waals surface area contributed by atoms with Gasteiger partial charge in [0, 0.05) is 17.0 Å². The molecule has 0 radical (unpaired) electrons. The lowest BCUT2D eigenvalue weighted by Crippen LogP contribution is -2.01. The first-order valence-corrected chi connectivity index (χ1v) is 5.54. The van der Waals surface area contributed by atoms with Crippen LogP contribution >= 0.6 is 11.6 Å². The Bertz CT molecular complexity index is 491. The van der Waals surface area contributed by atoms with Crippen molar-refractivity contribution in [3.05, 3.63) is 46.5 Å². The van der Waals surface area contributed by atoms with Crippen LogP contribution in [-0.2, 0) is 13.0 Å². The maximum absolute atomic E-state index is 6.15. The summed E-state index contributed by atoms with van der Waals surface area (Å²) in [5.41, 5.74) is 8.25. The summed E-state index contributed by atoms with van der Waals surface area (Å²) in [7, 11) is 0. The third-order valence-corrected chi connectivity index (χ3v) is 3.12. The van der Waals surface area contributed by atoms with Crippen LogP contribution in [0.2, 0.25) is 5.02 Å². The van der Waals surface area contributed by atoms with Crippen molar-refractivity contribution in [2.45, 2.75) is 19.9 Å². The zero-order valence-electron chi connectivity index (χ0n) is 8.76. The van der Waals surface area contributed by atoms with E-state index in [1.165, 1.54) is 16.5 Å². The van der Waals surface area contributed by atoms with Crippen molar-refractivity contribution in [2.75, 3.05) is 0 Å². The van der Waals surface area contributed by atoms with Gasteiger partial charge in [-0.25, -0.2) is 0 Å². The molecule has 78 valence electrons. The average molecular weight is 220 g/mol. The standard InChI is InChI=1S/C13H14ClN/c1-2-10-9(8-15)6-7-12-11(10)4-3-5-13(12)14/h3-7H,2,8,15H2,1H3. The van der Waals surface area contributed by atoms with Gasteiger partial charge in [0.2, 0.25) is 0 Å². The summed E-state index contributed by atoms with van der Waals surface area (Å²) in [5, 5.41) is 3.16. The number of rotatable bonds is 2. The van der Waals surface area contributed by atoms with Crippen molar-refractivity contribution in [2.24, 2.45) is 5.73 Å². The van der Waals surface area contributed by atoms with Crippen LogP contribution in [0.5, 0.6) is 0 Å². The van der Waals surface area contributed by atoms with Crippen LogP contribution in [0.1, 0.15) is 18.1 Å². The Morgan fingerprint density at radius 3 is 2.60 bits per heavy atom. The summed E-state index contributed by atoms with van der Waals surface area (Å²) >= 11 is 6.15. The van der Waals surface area contributed by atoms with Crippen LogP contribution in [0.25, 0.3) is 10.8 Å². The van der Waals surface area contributed by atoms with Crippen molar-refractivity contribution >= 4 is 22.4 Å². The monoisotopic (exact) mass is 219 g/mol. The van der Waals surface area contributed by atoms with E-state index in [9.17, 15) is 0 Å². The summed E-state index contributed by atoms with van der Waals surface area (Å²) in [6.45, 7) is 2.74. The second-order valence-electron chi connectivity index (χ2n) is 3.60. The fourth-order valence-electron chi connectivity index (χ4n) is 2.04. The fourth-order valence-corrected chi connectivity index (χ4v) is 2.27. The highest BCUT2D eigenvalue weighted by Gasteiger charge is 2.06. The van der Waals surface area contributed by atoms with Gasteiger partial charge in [0.15, 0.2) is 0 Å². The van der Waals surface area contributed by atoms with E-state index in [0.29, 0.717) is 6.54 Å². The zero-order chi connectivity index (χ0) is 10.8. The minimum Gasteiger partial charge on any atom is -0.326 e. The first kappa shape index (κ1) is 10.5. The van der Waals surface area contributed by atoms with E-state index < -0.39 is 0 Å². The molecule has 0 aliphatic carbocycles. The van der Waals surface area contributed by atoms with Crippen LogP contribution in [-0.4, -0.2) is 0 Å². The van der Waals surface area contributed by atoms with Crippen molar-refractivity contribution in [3.63, 3.8) is 0 Å². The Balaban J connectivity index is 2.82. The molecule has 0 unspecified atom stereocenters. The number of benzene rings is 2. The van der Waals surface area contributed by atoms with Gasteiger partial charge in [-0.05, 0) is 29.0 Å². The molecule has 0 atom stereocenters. The molecule has 1 nitrogen and oxygen atoms in total. The first-order chi connectivity index (χ1) is 7.27. The molecule has 0 fully saturated rings. The van der Waals surface area contributed by atoms with Crippen molar-refractivity contribution < 1.29 is 0 Å². The molecule has 0 saturated carbocycles. The molecule has 2 heteroatoms. The highest BCUT2D eigenvalue weighted by molar-refractivity contribution is 6.35. The lowest BCUT2D eigenvalue weighted by atomic mass is 9.97. The molecule has 0 saturated heterocycles. The molecule has 0 bridgehead atoms. The Labute approximate surface area is 94.9 Å². The minimum absolute atomic E-state index is 0.589. The smallest absolute Gasteiger partial charge is 0.0484 e. The fraction of sp³-hybridized carbons (Fsp3) is 0.231. The molecule has 0 spiro atoms. The van der Waals surface area contributed by atoms with Gasteiger partial charge in [-0.15, -0.1) is 0 Å². The molecule has 2 aromatic rings. The third kappa shape index (κ3) is 1.73. The van der Waals surface area contributed by atoms with Gasteiger partial charge in [-0.2, -0.15) is 0 Å². The summed E-state index contributed by atoms with van der Waals surface area (Å²) in [5.74, 6) is 0. The van der Waals surface area contributed by atoms with Crippen molar-refractivity contribution in [1.82, 2.24) is 0 Å². The molecule has 0 aliphatic rings. The molecule has 0 aromatic heterocycles. The van der Waals surface area contributed by atoms with Gasteiger partial charge in [0.1, 0.15) is 0 Å². The van der Waals surface area contributed by atoms with Crippen LogP contribution < -0.4 is 5.73 Å². The van der Waals surface area contributed by atoms with Crippen molar-refractivity contribution in [3.8, 4) is 0 Å². The molecule has 15 heavy (non-hydrogen) atoms. The molecule has 2 N–H and O–H groups in total. The number of hydrogen-bond donors (Lipinski definition) is 1. The van der Waals surface area contributed by atoms with Crippen LogP contribution in [0.3, 0.4) is 0 Å². The first-order valence-electron chi connectivity index (χ1n) is 5.17. The number of nitrogens with two attached hydrogens (primary N) is 1. The maximum Gasteiger partial charge on any atom is 0.0484 e. The van der Waals surface area contributed by atoms with Gasteiger partial charge in [0.25, 0.3) is 0 Å². The summed E-state index contributed by atoms with van der Waals surface area (Å²) in [6, 6.07) is 10.2. The normalized spacial score (nSPS) is 10.9. The van der Waals surface area contributed by atoms with Gasteiger partial charge < -0.3 is 5.73 Å². The predicted molar refractivity (Wildman–Crippen MR) is 66.2 cm³/mol. The second-order valence-corrected chi connectivity index (χ2v) is 4.00. The van der Waals surface area contributed by atoms with Gasteiger partial charge in [-0.3, -0.25) is 0 Å². The lowest BCUT2D eigenvalue weighted by molar-refractivity contribution is 1.01. The number of hydrogen-bond acceptors (Lipinski definition) is 1. The Kier molecular flexibility index (Phi) is 2.94. The van der Waals surface area contributed by atoms with E-state index in [1.807, 2.05) is 12.1 Å². The number of halogens is 1. The van der Waals surface area contributed by atoms with E-state index >= 15 is 0 Å². The SMILES string of the molecule is CCc1c(CN)ccc2c(Cl)cccc12. The molecule has 2 rings (SSSR count). The summed E-state index contributed by atoms with van der Waals surface area (Å²) in [6.07, 6.45) is 0.990. The lowest BCUT2D eigenvalue weighted by Gasteiger charge is -2.10. The minimum atomic E-state index is 0.589. The Hall–Kier alpha value is -1.05. The largest absolute Gasteiger partial charge is 0.326 e. The highest BCUT2D eigenvalue weighted by Crippen LogP contribution is 2.28. The third-order valence-electron chi connectivity index (χ3n) is 2.79. The maximum atomic E-state index is 6.15. The van der Waals surface area contributed by atoms with Crippen molar-refractivity contribution in [1.29, 1.82) is 0 Å². The van der Waals surface area contributed by atoms with Crippen LogP contribution in [0, 0.1) is 0 Å². The number of aryl methyl sites for hydroxylation is 1. The summed E-state index contributed by atoms with van der Waals surface area (Å²) in [4.78, 5) is 0. The molecule has 0 heterocycles. The predicted octanol–water partition coefficient (Wildman–Crippen LogP) is 3.51. The van der Waals surface area contributed by atoms with Gasteiger partial charge >= 0.3 is 0 Å². The molecular formula is C13H14ClN. The van der Waals surface area contributed by atoms with E-state index in [4.69, 9.17) is 17.3 Å². The summed E-state index contributed by atoms with van der Waals surface area (Å²) < 4.78 is 0. The van der Waals surface area contributed by atoms with E-state index in [0.717, 1.165) is 16.8 Å². The second kappa shape index (κ2) is 4.21. The average Bonchev–Trinajstić information content (AvgIpc) is 2.28. The van der Waals surface area contributed by atoms with E-state index in [-0.39, 0.29) is 0 Å². The molecule has 0 amide bonds. The molecular weight excluding hydrogens is 206 g/mol. The quantitative estimate of drug-likeness (QED) is 0.822. The zero-order valence-corrected chi connectivity index (χ0v) is 9.51. The molecule has 0 aliphatic heterocycles. The molecule has 2 aromatic carbocycles. The van der Waals surface area contributed by atoms with Crippen LogP contribution in [0.4, 0.5) is 0 Å². The number of fused-ring (bicyclic) bond motifs is 1. The van der Waals surface area contributed by atoms with Gasteiger partial charge in [-0.1, -0.05) is 42.8 Å². The Morgan fingerprint density at radius 1 is 1.13 bits per heavy atom. The van der Waals surface area contributed by atoms with Crippen LogP contribution in [0.15, 0.2) is 30.3 Å². The highest BCUT2D eigenvalue weighted by atomic mass is 35.5. The topological polar surface area (TPSA) is 26.0 Å². The Morgan fingerprint density at radius 2 is 1.93 bits per heavy atom.